The number of ether oxygens (including phenoxy) is 3. The third-order valence-electron chi connectivity index (χ3n) is 4.53. The Morgan fingerprint density at radius 2 is 2.07 bits per heavy atom. The minimum Gasteiger partial charge on any atom is -0.491 e. The molecule has 0 aliphatic carbocycles. The number of pyridine rings is 1. The zero-order chi connectivity index (χ0) is 19.3. The van der Waals surface area contributed by atoms with Crippen molar-refractivity contribution in [3.63, 3.8) is 0 Å². The Morgan fingerprint density at radius 3 is 2.86 bits per heavy atom. The molecule has 0 radical (unpaired) electrons. The number of fused-ring (bicyclic) bond motifs is 1. The molecule has 0 amide bonds. The van der Waals surface area contributed by atoms with E-state index >= 15 is 0 Å². The molecule has 1 aliphatic heterocycles. The molecule has 4 rings (SSSR count). The molecule has 1 atom stereocenters. The second-order valence-electron chi connectivity index (χ2n) is 6.56. The van der Waals surface area contributed by atoms with Crippen LogP contribution in [0.4, 0.5) is 0 Å². The summed E-state index contributed by atoms with van der Waals surface area (Å²) in [5.41, 5.74) is 1.10. The molecule has 0 saturated carbocycles. The summed E-state index contributed by atoms with van der Waals surface area (Å²) >= 11 is 0. The van der Waals surface area contributed by atoms with Crippen molar-refractivity contribution < 1.29 is 19.0 Å². The summed E-state index contributed by atoms with van der Waals surface area (Å²) in [6, 6.07) is 13.4. The fraction of sp³-hybridized carbons (Fsp3) is 0.286. The van der Waals surface area contributed by atoms with Crippen LogP contribution in [0.5, 0.6) is 5.75 Å². The predicted molar refractivity (Wildman–Crippen MR) is 101 cm³/mol. The molecule has 3 aromatic rings. The number of nitrogens with zero attached hydrogens (tertiary/aromatic N) is 2. The quantitative estimate of drug-likeness (QED) is 0.612. The highest BCUT2D eigenvalue weighted by molar-refractivity contribution is 5.89. The van der Waals surface area contributed by atoms with Gasteiger partial charge in [-0.05, 0) is 49.2 Å². The second-order valence-corrected chi connectivity index (χ2v) is 6.56. The summed E-state index contributed by atoms with van der Waals surface area (Å²) in [6.07, 6.45) is 3.86. The first-order valence-corrected chi connectivity index (χ1v) is 9.18. The smallest absolute Gasteiger partial charge is 0.338 e. The number of rotatable bonds is 6. The van der Waals surface area contributed by atoms with Crippen LogP contribution in [-0.2, 0) is 16.1 Å². The van der Waals surface area contributed by atoms with Gasteiger partial charge in [-0.3, -0.25) is 9.20 Å². The van der Waals surface area contributed by atoms with Gasteiger partial charge in [0, 0.05) is 18.9 Å². The molecule has 1 aromatic carbocycles. The van der Waals surface area contributed by atoms with Gasteiger partial charge in [0.2, 0.25) is 0 Å². The molecule has 0 N–H and O–H groups in total. The van der Waals surface area contributed by atoms with E-state index in [0.717, 1.165) is 19.4 Å². The van der Waals surface area contributed by atoms with Crippen LogP contribution in [-0.4, -0.2) is 34.7 Å². The van der Waals surface area contributed by atoms with Crippen molar-refractivity contribution >= 4 is 11.6 Å². The minimum absolute atomic E-state index is 0.0727. The number of esters is 1. The lowest BCUT2D eigenvalue weighted by Gasteiger charge is -2.11. The molecule has 144 valence electrons. The Kier molecular flexibility index (Phi) is 5.34. The maximum Gasteiger partial charge on any atom is 0.338 e. The predicted octanol–water partition coefficient (Wildman–Crippen LogP) is 2.61. The van der Waals surface area contributed by atoms with Gasteiger partial charge in [0.05, 0.1) is 17.4 Å². The lowest BCUT2D eigenvalue weighted by atomic mass is 10.2. The van der Waals surface area contributed by atoms with Gasteiger partial charge in [-0.1, -0.05) is 6.07 Å². The summed E-state index contributed by atoms with van der Waals surface area (Å²) in [6.45, 7) is 1.22. The molecule has 1 fully saturated rings. The average molecular weight is 380 g/mol. The molecule has 7 heteroatoms. The van der Waals surface area contributed by atoms with Crippen LogP contribution < -0.4 is 10.3 Å². The van der Waals surface area contributed by atoms with Crippen molar-refractivity contribution in [3.05, 3.63) is 76.3 Å². The molecule has 3 heterocycles. The monoisotopic (exact) mass is 380 g/mol. The first kappa shape index (κ1) is 18.2. The highest BCUT2D eigenvalue weighted by atomic mass is 16.5. The van der Waals surface area contributed by atoms with Gasteiger partial charge in [-0.25, -0.2) is 9.78 Å². The van der Waals surface area contributed by atoms with Gasteiger partial charge in [-0.15, -0.1) is 0 Å². The van der Waals surface area contributed by atoms with Gasteiger partial charge in [0.25, 0.3) is 5.56 Å². The largest absolute Gasteiger partial charge is 0.491 e. The summed E-state index contributed by atoms with van der Waals surface area (Å²) in [4.78, 5) is 28.7. The first-order chi connectivity index (χ1) is 13.7. The van der Waals surface area contributed by atoms with Crippen LogP contribution in [0.3, 0.4) is 0 Å². The van der Waals surface area contributed by atoms with Gasteiger partial charge in [0.1, 0.15) is 24.6 Å². The third kappa shape index (κ3) is 4.20. The lowest BCUT2D eigenvalue weighted by molar-refractivity contribution is 0.0467. The Bertz CT molecular complexity index is 1020. The van der Waals surface area contributed by atoms with E-state index in [1.54, 1.807) is 48.7 Å². The number of carbonyl (C=O) groups excluding carboxylic acids is 1. The highest BCUT2D eigenvalue weighted by Gasteiger charge is 2.16. The normalized spacial score (nSPS) is 16.2. The zero-order valence-corrected chi connectivity index (χ0v) is 15.2. The second kappa shape index (κ2) is 8.22. The number of benzene rings is 1. The molecule has 1 unspecified atom stereocenters. The number of aromatic nitrogens is 2. The van der Waals surface area contributed by atoms with Crippen molar-refractivity contribution in [2.45, 2.75) is 25.6 Å². The molecule has 7 nitrogen and oxygen atoms in total. The molecule has 1 aliphatic rings. The fourth-order valence-electron chi connectivity index (χ4n) is 3.05. The highest BCUT2D eigenvalue weighted by Crippen LogP contribution is 2.17. The van der Waals surface area contributed by atoms with Crippen molar-refractivity contribution in [1.29, 1.82) is 0 Å². The third-order valence-corrected chi connectivity index (χ3v) is 4.53. The van der Waals surface area contributed by atoms with Crippen LogP contribution >= 0.6 is 0 Å². The summed E-state index contributed by atoms with van der Waals surface area (Å²) in [7, 11) is 0. The molecular weight excluding hydrogens is 360 g/mol. The average Bonchev–Trinajstić information content (AvgIpc) is 3.25. The van der Waals surface area contributed by atoms with E-state index in [1.807, 2.05) is 0 Å². The van der Waals surface area contributed by atoms with E-state index in [4.69, 9.17) is 14.2 Å². The van der Waals surface area contributed by atoms with Crippen molar-refractivity contribution in [2.24, 2.45) is 0 Å². The fourth-order valence-corrected chi connectivity index (χ4v) is 3.05. The van der Waals surface area contributed by atoms with E-state index in [2.05, 4.69) is 4.98 Å². The van der Waals surface area contributed by atoms with Crippen molar-refractivity contribution in [2.75, 3.05) is 13.2 Å². The van der Waals surface area contributed by atoms with E-state index in [1.165, 1.54) is 10.5 Å². The molecule has 0 spiro atoms. The maximum atomic E-state index is 12.3. The van der Waals surface area contributed by atoms with Gasteiger partial charge >= 0.3 is 5.97 Å². The zero-order valence-electron chi connectivity index (χ0n) is 15.2. The molecule has 1 saturated heterocycles. The minimum atomic E-state index is -0.485. The van der Waals surface area contributed by atoms with Crippen molar-refractivity contribution in [3.8, 4) is 5.75 Å². The lowest BCUT2D eigenvalue weighted by Crippen LogP contribution is -2.16. The molecular formula is C21H20N2O5. The number of carbonyl (C=O) groups is 1. The molecule has 28 heavy (non-hydrogen) atoms. The Balaban J connectivity index is 1.35. The Morgan fingerprint density at radius 1 is 1.21 bits per heavy atom. The van der Waals surface area contributed by atoms with E-state index in [9.17, 15) is 9.59 Å². The van der Waals surface area contributed by atoms with Crippen LogP contribution in [0.1, 0.15) is 28.9 Å². The molecule has 2 aromatic heterocycles. The summed E-state index contributed by atoms with van der Waals surface area (Å²) < 4.78 is 17.9. The molecule has 0 bridgehead atoms. The van der Waals surface area contributed by atoms with Gasteiger partial charge < -0.3 is 14.2 Å². The standard InChI is InChI=1S/C21H20N2O5/c24-20-12-16(22-19-5-1-2-10-23(19)20)13-28-21(25)15-6-8-17(9-7-15)27-14-18-4-3-11-26-18/h1-2,5-10,12,18H,3-4,11,13-14H2. The Hall–Kier alpha value is -3.19. The van der Waals surface area contributed by atoms with Crippen molar-refractivity contribution in [1.82, 2.24) is 9.38 Å². The van der Waals surface area contributed by atoms with E-state index in [-0.39, 0.29) is 18.3 Å². The van der Waals surface area contributed by atoms with Gasteiger partial charge in [-0.2, -0.15) is 0 Å². The summed E-state index contributed by atoms with van der Waals surface area (Å²) in [5.74, 6) is 0.192. The van der Waals surface area contributed by atoms with Crippen LogP contribution in [0, 0.1) is 0 Å². The van der Waals surface area contributed by atoms with Gasteiger partial charge in [0.15, 0.2) is 0 Å². The first-order valence-electron chi connectivity index (χ1n) is 9.18. The van der Waals surface area contributed by atoms with E-state index < -0.39 is 5.97 Å². The Labute approximate surface area is 161 Å². The maximum absolute atomic E-state index is 12.3. The number of hydrogen-bond donors (Lipinski definition) is 0. The topological polar surface area (TPSA) is 79.1 Å². The SMILES string of the molecule is O=C(OCc1cc(=O)n2ccccc2n1)c1ccc(OCC2CCCO2)cc1. The van der Waals surface area contributed by atoms with Crippen LogP contribution in [0.2, 0.25) is 0 Å². The van der Waals surface area contributed by atoms with Crippen LogP contribution in [0.15, 0.2) is 59.5 Å². The van der Waals surface area contributed by atoms with E-state index in [0.29, 0.717) is 29.3 Å². The van der Waals surface area contributed by atoms with Crippen LogP contribution in [0.25, 0.3) is 5.65 Å². The summed E-state index contributed by atoms with van der Waals surface area (Å²) in [5, 5.41) is 0. The number of hydrogen-bond acceptors (Lipinski definition) is 6.